The second kappa shape index (κ2) is 8.19. The zero-order valence-corrected chi connectivity index (χ0v) is 17.2. The van der Waals surface area contributed by atoms with Crippen molar-refractivity contribution in [2.45, 2.75) is 0 Å². The van der Waals surface area contributed by atoms with Crippen LogP contribution in [0.4, 0.5) is 0 Å². The second-order valence-electron chi connectivity index (χ2n) is 5.14. The standard InChI is InChI=1S/C18H12INO4S2/c1-23-13-8-10(9-14-16(21)20-18(25)26-14)7-12(19)15(13)24-17(22)11-5-3-2-4-6-11/h2-9H,1H3,(H,20,21,25)/b14-9-. The lowest BCUT2D eigenvalue weighted by atomic mass is 10.1. The Labute approximate surface area is 173 Å². The Balaban J connectivity index is 1.91. The number of carbonyl (C=O) groups excluding carboxylic acids is 2. The number of thioether (sulfide) groups is 1. The normalized spacial score (nSPS) is 15.1. The predicted octanol–water partition coefficient (Wildman–Crippen LogP) is 4.01. The van der Waals surface area contributed by atoms with Crippen LogP contribution in [0.25, 0.3) is 6.08 Å². The van der Waals surface area contributed by atoms with Gasteiger partial charge in [-0.3, -0.25) is 4.79 Å². The second-order valence-corrected chi connectivity index (χ2v) is 8.02. The van der Waals surface area contributed by atoms with Gasteiger partial charge in [-0.1, -0.05) is 42.2 Å². The van der Waals surface area contributed by atoms with Gasteiger partial charge in [0, 0.05) is 0 Å². The summed E-state index contributed by atoms with van der Waals surface area (Å²) in [5, 5.41) is 2.57. The number of hydrogen-bond donors (Lipinski definition) is 1. The molecular weight excluding hydrogens is 485 g/mol. The molecule has 0 aliphatic carbocycles. The lowest BCUT2D eigenvalue weighted by molar-refractivity contribution is -0.115. The van der Waals surface area contributed by atoms with Gasteiger partial charge < -0.3 is 14.8 Å². The summed E-state index contributed by atoms with van der Waals surface area (Å²) in [5.41, 5.74) is 1.19. The van der Waals surface area contributed by atoms with Crippen molar-refractivity contribution in [3.8, 4) is 11.5 Å². The number of thiocarbonyl (C=S) groups is 1. The molecule has 0 spiro atoms. The van der Waals surface area contributed by atoms with E-state index in [1.807, 2.05) is 6.07 Å². The predicted molar refractivity (Wildman–Crippen MR) is 113 cm³/mol. The average Bonchev–Trinajstić information content (AvgIpc) is 2.94. The molecular formula is C18H12INO4S2. The Hall–Kier alpha value is -1.91. The van der Waals surface area contributed by atoms with Gasteiger partial charge in [0.25, 0.3) is 5.91 Å². The van der Waals surface area contributed by atoms with Crippen molar-refractivity contribution in [1.29, 1.82) is 0 Å². The number of carbonyl (C=O) groups is 2. The summed E-state index contributed by atoms with van der Waals surface area (Å²) in [6, 6.07) is 12.2. The summed E-state index contributed by atoms with van der Waals surface area (Å²) >= 11 is 8.25. The van der Waals surface area contributed by atoms with Crippen LogP contribution in [0.2, 0.25) is 0 Å². The van der Waals surface area contributed by atoms with Crippen LogP contribution in [-0.4, -0.2) is 23.3 Å². The van der Waals surface area contributed by atoms with Gasteiger partial charge in [-0.05, 0) is 58.5 Å². The first-order valence-electron chi connectivity index (χ1n) is 7.37. The van der Waals surface area contributed by atoms with Gasteiger partial charge in [0.1, 0.15) is 4.32 Å². The van der Waals surface area contributed by atoms with Crippen molar-refractivity contribution in [3.63, 3.8) is 0 Å². The summed E-state index contributed by atoms with van der Waals surface area (Å²) in [6.07, 6.45) is 1.72. The molecule has 26 heavy (non-hydrogen) atoms. The number of methoxy groups -OCH3 is 1. The molecule has 8 heteroatoms. The van der Waals surface area contributed by atoms with Crippen molar-refractivity contribution >= 4 is 68.8 Å². The number of rotatable bonds is 4. The van der Waals surface area contributed by atoms with E-state index >= 15 is 0 Å². The SMILES string of the molecule is COc1cc(/C=C2\SC(=S)NC2=O)cc(I)c1OC(=O)c1ccccc1. The molecule has 132 valence electrons. The van der Waals surface area contributed by atoms with Crippen LogP contribution >= 0.6 is 46.6 Å². The molecule has 1 amide bonds. The minimum absolute atomic E-state index is 0.228. The highest BCUT2D eigenvalue weighted by molar-refractivity contribution is 14.1. The zero-order valence-electron chi connectivity index (χ0n) is 13.4. The van der Waals surface area contributed by atoms with Crippen LogP contribution in [0, 0.1) is 3.57 Å². The van der Waals surface area contributed by atoms with Crippen LogP contribution in [0.1, 0.15) is 15.9 Å². The van der Waals surface area contributed by atoms with E-state index in [9.17, 15) is 9.59 Å². The number of halogens is 1. The molecule has 1 saturated heterocycles. The molecule has 0 aromatic heterocycles. The van der Waals surface area contributed by atoms with E-state index in [2.05, 4.69) is 27.9 Å². The number of hydrogen-bond acceptors (Lipinski definition) is 6. The molecule has 1 N–H and O–H groups in total. The van der Waals surface area contributed by atoms with E-state index in [0.29, 0.717) is 29.9 Å². The summed E-state index contributed by atoms with van der Waals surface area (Å²) in [7, 11) is 1.49. The monoisotopic (exact) mass is 497 g/mol. The Bertz CT molecular complexity index is 928. The van der Waals surface area contributed by atoms with E-state index in [-0.39, 0.29) is 5.91 Å². The minimum atomic E-state index is -0.469. The largest absolute Gasteiger partial charge is 0.493 e. The Morgan fingerprint density at radius 2 is 2.00 bits per heavy atom. The third kappa shape index (κ3) is 4.25. The maximum atomic E-state index is 12.3. The molecule has 2 aromatic rings. The number of esters is 1. The van der Waals surface area contributed by atoms with Crippen LogP contribution in [-0.2, 0) is 4.79 Å². The van der Waals surface area contributed by atoms with Gasteiger partial charge >= 0.3 is 5.97 Å². The first-order valence-corrected chi connectivity index (χ1v) is 9.68. The molecule has 0 saturated carbocycles. The van der Waals surface area contributed by atoms with Crippen molar-refractivity contribution in [2.24, 2.45) is 0 Å². The summed E-state index contributed by atoms with van der Waals surface area (Å²) in [4.78, 5) is 24.6. The molecule has 0 unspecified atom stereocenters. The third-order valence-corrected chi connectivity index (χ3v) is 5.36. The van der Waals surface area contributed by atoms with E-state index in [1.54, 1.807) is 42.5 Å². The van der Waals surface area contributed by atoms with Gasteiger partial charge in [-0.25, -0.2) is 4.79 Å². The lowest BCUT2D eigenvalue weighted by Gasteiger charge is -2.12. The van der Waals surface area contributed by atoms with Gasteiger partial charge in [-0.15, -0.1) is 0 Å². The molecule has 2 aromatic carbocycles. The quantitative estimate of drug-likeness (QED) is 0.227. The number of ether oxygens (including phenoxy) is 2. The number of nitrogens with one attached hydrogen (secondary N) is 1. The topological polar surface area (TPSA) is 64.6 Å². The van der Waals surface area contributed by atoms with E-state index in [0.717, 1.165) is 5.56 Å². The smallest absolute Gasteiger partial charge is 0.343 e. The fraction of sp³-hybridized carbons (Fsp3) is 0.0556. The van der Waals surface area contributed by atoms with Crippen molar-refractivity contribution < 1.29 is 19.1 Å². The molecule has 3 rings (SSSR count). The molecule has 1 fully saturated rings. The van der Waals surface area contributed by atoms with Crippen LogP contribution in [0.15, 0.2) is 47.4 Å². The Morgan fingerprint density at radius 3 is 2.62 bits per heavy atom. The van der Waals surface area contributed by atoms with Crippen molar-refractivity contribution in [1.82, 2.24) is 5.32 Å². The molecule has 0 atom stereocenters. The maximum Gasteiger partial charge on any atom is 0.343 e. The molecule has 0 bridgehead atoms. The Morgan fingerprint density at radius 1 is 1.27 bits per heavy atom. The summed E-state index contributed by atoms with van der Waals surface area (Å²) in [5.74, 6) is 0.0414. The van der Waals surface area contributed by atoms with E-state index in [1.165, 1.54) is 18.9 Å². The fourth-order valence-electron chi connectivity index (χ4n) is 2.22. The first-order chi connectivity index (χ1) is 12.5. The third-order valence-electron chi connectivity index (χ3n) is 3.40. The number of benzene rings is 2. The molecule has 0 radical (unpaired) electrons. The van der Waals surface area contributed by atoms with E-state index < -0.39 is 5.97 Å². The highest BCUT2D eigenvalue weighted by Gasteiger charge is 2.23. The van der Waals surface area contributed by atoms with Gasteiger partial charge in [0.15, 0.2) is 11.5 Å². The molecule has 5 nitrogen and oxygen atoms in total. The maximum absolute atomic E-state index is 12.3. The first kappa shape index (κ1) is 18.9. The summed E-state index contributed by atoms with van der Waals surface area (Å²) < 4.78 is 12.0. The zero-order chi connectivity index (χ0) is 18.7. The Kier molecular flexibility index (Phi) is 5.94. The van der Waals surface area contributed by atoms with Gasteiger partial charge in [0.2, 0.25) is 0 Å². The lowest BCUT2D eigenvalue weighted by Crippen LogP contribution is -2.17. The fourth-order valence-corrected chi connectivity index (χ4v) is 4.00. The number of amides is 1. The highest BCUT2D eigenvalue weighted by Crippen LogP contribution is 2.36. The van der Waals surface area contributed by atoms with Crippen molar-refractivity contribution in [2.75, 3.05) is 7.11 Å². The molecule has 1 aliphatic rings. The van der Waals surface area contributed by atoms with Crippen molar-refractivity contribution in [3.05, 3.63) is 62.1 Å². The molecule has 1 heterocycles. The van der Waals surface area contributed by atoms with E-state index in [4.69, 9.17) is 21.7 Å². The highest BCUT2D eigenvalue weighted by atomic mass is 127. The van der Waals surface area contributed by atoms with Crippen LogP contribution in [0.5, 0.6) is 11.5 Å². The van der Waals surface area contributed by atoms with Crippen LogP contribution in [0.3, 0.4) is 0 Å². The summed E-state index contributed by atoms with van der Waals surface area (Å²) in [6.45, 7) is 0. The minimum Gasteiger partial charge on any atom is -0.493 e. The average molecular weight is 497 g/mol. The van der Waals surface area contributed by atoms with Gasteiger partial charge in [-0.2, -0.15) is 0 Å². The van der Waals surface area contributed by atoms with Crippen LogP contribution < -0.4 is 14.8 Å². The van der Waals surface area contributed by atoms with Gasteiger partial charge in [0.05, 0.1) is 21.1 Å². The molecule has 1 aliphatic heterocycles.